The van der Waals surface area contributed by atoms with Crippen molar-refractivity contribution < 1.29 is 26.9 Å². The molecule has 3 rings (SSSR count). The average Bonchev–Trinajstić information content (AvgIpc) is 3.52. The third-order valence-electron chi connectivity index (χ3n) is 20.6. The molecule has 3 saturated carbocycles. The van der Waals surface area contributed by atoms with Gasteiger partial charge in [-0.05, 0) is 190 Å². The average molecular weight is 1080 g/mol. The van der Waals surface area contributed by atoms with Crippen LogP contribution in [0.4, 0.5) is 0 Å². The molecule has 0 unspecified atom stereocenters. The molecule has 11 heteroatoms. The van der Waals surface area contributed by atoms with Crippen LogP contribution in [-0.2, 0) is 26.9 Å². The predicted molar refractivity (Wildman–Crippen MR) is 323 cm³/mol. The summed E-state index contributed by atoms with van der Waals surface area (Å²) >= 11 is 0. The normalized spacial score (nSPS) is 27.4. The minimum absolute atomic E-state index is 0.0318. The van der Waals surface area contributed by atoms with Gasteiger partial charge in [0.05, 0.1) is 23.9 Å². The molecule has 0 aliphatic heterocycles. The summed E-state index contributed by atoms with van der Waals surface area (Å²) in [5.41, 5.74) is 3.91. The van der Waals surface area contributed by atoms with Crippen LogP contribution < -0.4 is 0 Å². The van der Waals surface area contributed by atoms with Gasteiger partial charge in [-0.1, -0.05) is 142 Å². The molecule has 3 aliphatic rings. The van der Waals surface area contributed by atoms with Crippen molar-refractivity contribution in [3.8, 4) is 0 Å². The second kappa shape index (κ2) is 22.8. The van der Waals surface area contributed by atoms with Gasteiger partial charge in [0.2, 0.25) is 0 Å². The van der Waals surface area contributed by atoms with Crippen LogP contribution in [0.25, 0.3) is 0 Å². The summed E-state index contributed by atoms with van der Waals surface area (Å²) in [7, 11) is -10.4. The predicted octanol–water partition coefficient (Wildman–Crippen LogP) is 19.2. The van der Waals surface area contributed by atoms with Crippen LogP contribution in [0.5, 0.6) is 0 Å². The van der Waals surface area contributed by atoms with Gasteiger partial charge in [-0.3, -0.25) is 0 Å². The molecule has 3 fully saturated rings. The van der Waals surface area contributed by atoms with Crippen LogP contribution in [0, 0.1) is 23.2 Å². The fourth-order valence-electron chi connectivity index (χ4n) is 10.5. The van der Waals surface area contributed by atoms with E-state index in [1.165, 1.54) is 37.7 Å². The summed E-state index contributed by atoms with van der Waals surface area (Å²) in [4.78, 5) is 0. The van der Waals surface area contributed by atoms with E-state index in [0.717, 1.165) is 31.3 Å². The maximum Gasteiger partial charge on any atom is 0.193 e. The summed E-state index contributed by atoms with van der Waals surface area (Å²) < 4.78 is 43.4. The van der Waals surface area contributed by atoms with Gasteiger partial charge in [-0.25, -0.2) is 0 Å². The number of ether oxygens (including phenoxy) is 1. The number of hydrogen-bond donors (Lipinski definition) is 0. The highest BCUT2D eigenvalue weighted by atomic mass is 28.4. The Hall–Kier alpha value is 0.0644. The minimum atomic E-state index is -2.25. The summed E-state index contributed by atoms with van der Waals surface area (Å²) in [6.07, 6.45) is 14.6. The van der Waals surface area contributed by atoms with E-state index in [1.54, 1.807) is 5.57 Å². The van der Waals surface area contributed by atoms with Gasteiger partial charge in [-0.15, -0.1) is 0 Å². The van der Waals surface area contributed by atoms with E-state index in [4.69, 9.17) is 33.4 Å². The third-order valence-corrected chi connectivity index (χ3v) is 43.3. The fraction of sp³-hybridized carbons (Fsp3) is 0.900. The number of hydrogen-bond acceptors (Lipinski definition) is 6. The monoisotopic (exact) mass is 1080 g/mol. The molecule has 0 aromatic rings. The SMILES string of the molecule is C=C1C(=CC=C2CCC[C@]3(C)[C@@H]([C@H](C)CC[C@@H](O[Si](C)(C)C(C)(C)C)C(C)(C)O[Si](C)(C)C(C)(C)C)CC[C@@H]23)C[C@@H](O[Si](C)(C)C(C)(C)C)[C@@H](OCCCO[Si](C)(C)C(C)(C)C)[C@@H]1O[Si](C)(C)C(C)(C)C. The van der Waals surface area contributed by atoms with Crippen molar-refractivity contribution in [2.24, 2.45) is 23.2 Å². The summed E-state index contributed by atoms with van der Waals surface area (Å²) in [5, 5.41) is 0.531. The Balaban J connectivity index is 2.01. The topological polar surface area (TPSA) is 55.4 Å². The van der Waals surface area contributed by atoms with Crippen LogP contribution >= 0.6 is 0 Å². The zero-order chi connectivity index (χ0) is 55.2. The first-order valence-corrected chi connectivity index (χ1v) is 43.2. The Morgan fingerprint density at radius 2 is 1.14 bits per heavy atom. The molecule has 3 aliphatic carbocycles. The fourth-order valence-corrected chi connectivity index (χ4v) is 17.4. The Bertz CT molecular complexity index is 1830. The number of rotatable bonds is 20. The molecule has 71 heavy (non-hydrogen) atoms. The third kappa shape index (κ3) is 15.9. The molecule has 0 spiro atoms. The molecular formula is C60H120O6Si5. The second-order valence-electron chi connectivity index (χ2n) is 31.7. The highest BCUT2D eigenvalue weighted by Crippen LogP contribution is 2.60. The molecule has 0 aromatic carbocycles. The zero-order valence-electron chi connectivity index (χ0n) is 52.6. The first-order chi connectivity index (χ1) is 31.6. The van der Waals surface area contributed by atoms with Crippen LogP contribution in [0.2, 0.25) is 90.7 Å². The first kappa shape index (κ1) is 65.3. The van der Waals surface area contributed by atoms with Crippen molar-refractivity contribution in [2.45, 2.75) is 310 Å². The lowest BCUT2D eigenvalue weighted by atomic mass is 9.60. The number of allylic oxidation sites excluding steroid dienone is 3. The van der Waals surface area contributed by atoms with Crippen molar-refractivity contribution in [2.75, 3.05) is 13.2 Å². The van der Waals surface area contributed by atoms with Crippen LogP contribution in [0.3, 0.4) is 0 Å². The molecular weight excluding hydrogens is 957 g/mol. The second-order valence-corrected chi connectivity index (χ2v) is 55.5. The first-order valence-electron chi connectivity index (χ1n) is 28.6. The van der Waals surface area contributed by atoms with Gasteiger partial charge in [0.25, 0.3) is 0 Å². The van der Waals surface area contributed by atoms with E-state index in [1.807, 2.05) is 0 Å². The largest absolute Gasteiger partial charge is 0.417 e. The highest BCUT2D eigenvalue weighted by Gasteiger charge is 2.53. The molecule has 416 valence electrons. The molecule has 0 aromatic heterocycles. The summed E-state index contributed by atoms with van der Waals surface area (Å²) in [6.45, 7) is 75.2. The Labute approximate surface area is 447 Å². The van der Waals surface area contributed by atoms with E-state index in [2.05, 4.69) is 209 Å². The van der Waals surface area contributed by atoms with E-state index in [0.29, 0.717) is 31.0 Å². The molecule has 8 atom stereocenters. The highest BCUT2D eigenvalue weighted by molar-refractivity contribution is 6.76. The Morgan fingerprint density at radius 1 is 0.634 bits per heavy atom. The van der Waals surface area contributed by atoms with Crippen LogP contribution in [0.15, 0.2) is 35.5 Å². The molecule has 0 heterocycles. The van der Waals surface area contributed by atoms with Crippen molar-refractivity contribution in [1.82, 2.24) is 0 Å². The van der Waals surface area contributed by atoms with Crippen molar-refractivity contribution in [3.63, 3.8) is 0 Å². The van der Waals surface area contributed by atoms with Crippen molar-refractivity contribution in [3.05, 3.63) is 35.5 Å². The van der Waals surface area contributed by atoms with E-state index in [-0.39, 0.29) is 60.6 Å². The lowest BCUT2D eigenvalue weighted by molar-refractivity contribution is -0.0879. The standard InChI is InChI=1S/C60H120O6Si5/c1-44(34-39-51(64-69(25,26)56(9,10)11)59(18,19)66-71(29,30)58(15,16)17)48-37-38-49-46(33-31-40-60(48,49)20)35-36-47-43-50(63-68(23,24)55(6,7)8)53(52(45(47)2)65-70(27,28)57(12,13)14)61-41-32-42-62-67(21,22)54(3,4)5/h35-36,44,48-53H,2,31-34,37-43H2,1,3-30H3/t44-,48-,49+,50-,51-,52-,53-,60-/m1/s1. The molecule has 6 nitrogen and oxygen atoms in total. The molecule has 0 radical (unpaired) electrons. The maximum atomic E-state index is 7.50. The molecule has 0 amide bonds. The molecule has 0 bridgehead atoms. The van der Waals surface area contributed by atoms with Crippen LogP contribution in [-0.4, -0.2) is 84.8 Å². The van der Waals surface area contributed by atoms with E-state index >= 15 is 0 Å². The number of fused-ring (bicyclic) bond motifs is 1. The van der Waals surface area contributed by atoms with Gasteiger partial charge in [0.1, 0.15) is 6.10 Å². The van der Waals surface area contributed by atoms with Gasteiger partial charge in [-0.2, -0.15) is 0 Å². The summed E-state index contributed by atoms with van der Waals surface area (Å²) in [5.74, 6) is 1.88. The van der Waals surface area contributed by atoms with E-state index in [9.17, 15) is 0 Å². The lowest BCUT2D eigenvalue weighted by Gasteiger charge is -2.49. The van der Waals surface area contributed by atoms with Gasteiger partial charge < -0.3 is 26.9 Å². The van der Waals surface area contributed by atoms with Crippen LogP contribution in [0.1, 0.15) is 189 Å². The quantitative estimate of drug-likeness (QED) is 0.0895. The zero-order valence-corrected chi connectivity index (χ0v) is 57.6. The lowest BCUT2D eigenvalue weighted by Crippen LogP contribution is -2.57. The molecule has 0 N–H and O–H groups in total. The smallest absolute Gasteiger partial charge is 0.193 e. The van der Waals surface area contributed by atoms with Gasteiger partial charge in [0, 0.05) is 19.6 Å². The van der Waals surface area contributed by atoms with Gasteiger partial charge in [0.15, 0.2) is 41.6 Å². The van der Waals surface area contributed by atoms with Crippen molar-refractivity contribution >= 4 is 41.6 Å². The minimum Gasteiger partial charge on any atom is -0.417 e. The van der Waals surface area contributed by atoms with Crippen molar-refractivity contribution in [1.29, 1.82) is 0 Å². The Morgan fingerprint density at radius 3 is 1.65 bits per heavy atom. The molecule has 0 saturated heterocycles. The maximum absolute atomic E-state index is 7.50. The Kier molecular flexibility index (Phi) is 21.0. The van der Waals surface area contributed by atoms with E-state index < -0.39 is 41.6 Å². The van der Waals surface area contributed by atoms with Gasteiger partial charge >= 0.3 is 0 Å². The summed E-state index contributed by atoms with van der Waals surface area (Å²) in [6, 6.07) is 0.